The van der Waals surface area contributed by atoms with Gasteiger partial charge in [-0.3, -0.25) is 4.79 Å². The number of hydrogen-bond donors (Lipinski definition) is 0. The lowest BCUT2D eigenvalue weighted by Gasteiger charge is -2.21. The summed E-state index contributed by atoms with van der Waals surface area (Å²) in [5.41, 5.74) is 1.89. The van der Waals surface area contributed by atoms with E-state index in [0.29, 0.717) is 18.3 Å². The van der Waals surface area contributed by atoms with E-state index < -0.39 is 0 Å². The van der Waals surface area contributed by atoms with Gasteiger partial charge in [0.15, 0.2) is 5.78 Å². The van der Waals surface area contributed by atoms with Gasteiger partial charge in [-0.05, 0) is 44.1 Å². The molecule has 19 heavy (non-hydrogen) atoms. The Bertz CT molecular complexity index is 402. The van der Waals surface area contributed by atoms with E-state index in [1.807, 2.05) is 26.8 Å². The molecule has 1 rings (SSSR count). The van der Waals surface area contributed by atoms with Crippen LogP contribution in [0, 0.1) is 11.8 Å². The number of rotatable bonds is 5. The predicted octanol–water partition coefficient (Wildman–Crippen LogP) is 3.45. The molecule has 3 nitrogen and oxygen atoms in total. The van der Waals surface area contributed by atoms with Crippen molar-refractivity contribution >= 4 is 11.8 Å². The molecule has 0 heterocycles. The largest absolute Gasteiger partial charge is 0.466 e. The van der Waals surface area contributed by atoms with Crippen molar-refractivity contribution in [1.29, 1.82) is 0 Å². The Labute approximate surface area is 115 Å². The van der Waals surface area contributed by atoms with Crippen molar-refractivity contribution in [3.63, 3.8) is 0 Å². The zero-order chi connectivity index (χ0) is 14.4. The molecule has 0 N–H and O–H groups in total. The summed E-state index contributed by atoms with van der Waals surface area (Å²) in [4.78, 5) is 23.1. The van der Waals surface area contributed by atoms with Gasteiger partial charge in [0.1, 0.15) is 0 Å². The molecule has 0 spiro atoms. The zero-order valence-electron chi connectivity index (χ0n) is 12.4. The maximum absolute atomic E-state index is 11.8. The van der Waals surface area contributed by atoms with Crippen LogP contribution >= 0.6 is 0 Å². The lowest BCUT2D eigenvalue weighted by atomic mass is 9.84. The quantitative estimate of drug-likeness (QED) is 0.564. The topological polar surface area (TPSA) is 43.4 Å². The molecule has 0 aromatic heterocycles. The van der Waals surface area contributed by atoms with Crippen LogP contribution < -0.4 is 0 Å². The highest BCUT2D eigenvalue weighted by atomic mass is 16.5. The van der Waals surface area contributed by atoms with Crippen LogP contribution in [0.3, 0.4) is 0 Å². The van der Waals surface area contributed by atoms with E-state index in [1.54, 1.807) is 6.08 Å². The third-order valence-corrected chi connectivity index (χ3v) is 3.50. The fraction of sp³-hybridized carbons (Fsp3) is 0.625. The molecule has 1 aliphatic carbocycles. The lowest BCUT2D eigenvalue weighted by molar-refractivity contribution is -0.136. The number of carbonyl (C=O) groups excluding carboxylic acids is 2. The number of methoxy groups -OCH3 is 1. The highest BCUT2D eigenvalue weighted by Gasteiger charge is 2.20. The van der Waals surface area contributed by atoms with E-state index in [-0.39, 0.29) is 11.8 Å². The molecule has 0 saturated heterocycles. The molecule has 106 valence electrons. The molecule has 0 bridgehead atoms. The average Bonchev–Trinajstić information content (AvgIpc) is 2.36. The number of ether oxygens (including phenoxy) is 1. The Morgan fingerprint density at radius 2 is 2.16 bits per heavy atom. The summed E-state index contributed by atoms with van der Waals surface area (Å²) in [5.74, 6) is 0.754. The van der Waals surface area contributed by atoms with Crippen molar-refractivity contribution in [3.8, 4) is 0 Å². The second-order valence-corrected chi connectivity index (χ2v) is 5.64. The number of hydrogen-bond acceptors (Lipinski definition) is 3. The van der Waals surface area contributed by atoms with Crippen molar-refractivity contribution in [3.05, 3.63) is 23.3 Å². The van der Waals surface area contributed by atoms with Gasteiger partial charge in [-0.2, -0.15) is 0 Å². The van der Waals surface area contributed by atoms with Crippen LogP contribution in [0.4, 0.5) is 0 Å². The van der Waals surface area contributed by atoms with Crippen molar-refractivity contribution in [1.82, 2.24) is 0 Å². The van der Waals surface area contributed by atoms with Gasteiger partial charge in [-0.25, -0.2) is 4.79 Å². The molecule has 0 saturated carbocycles. The van der Waals surface area contributed by atoms with Crippen molar-refractivity contribution in [2.75, 3.05) is 7.11 Å². The maximum atomic E-state index is 11.8. The SMILES string of the molecule is COC(=O)C1=CC[C@H](/C(C)=C\C(=O)CC(C)C)CC1. The van der Waals surface area contributed by atoms with Crippen LogP contribution in [0.15, 0.2) is 23.3 Å². The van der Waals surface area contributed by atoms with Crippen molar-refractivity contribution < 1.29 is 14.3 Å². The average molecular weight is 264 g/mol. The van der Waals surface area contributed by atoms with Crippen LogP contribution in [0.2, 0.25) is 0 Å². The fourth-order valence-electron chi connectivity index (χ4n) is 2.40. The number of ketones is 1. The smallest absolute Gasteiger partial charge is 0.333 e. The van der Waals surface area contributed by atoms with Crippen molar-refractivity contribution in [2.24, 2.45) is 11.8 Å². The minimum atomic E-state index is -0.226. The van der Waals surface area contributed by atoms with Gasteiger partial charge in [0.05, 0.1) is 7.11 Å². The molecular weight excluding hydrogens is 240 g/mol. The first-order valence-electron chi connectivity index (χ1n) is 6.92. The molecular formula is C16H24O3. The van der Waals surface area contributed by atoms with E-state index in [4.69, 9.17) is 4.74 Å². The molecule has 1 aliphatic rings. The van der Waals surface area contributed by atoms with Gasteiger partial charge in [-0.15, -0.1) is 0 Å². The first-order valence-corrected chi connectivity index (χ1v) is 6.92. The van der Waals surface area contributed by atoms with E-state index in [2.05, 4.69) is 0 Å². The van der Waals surface area contributed by atoms with Gasteiger partial charge in [0.25, 0.3) is 0 Å². The Kier molecular flexibility index (Phi) is 6.00. The Hall–Kier alpha value is -1.38. The predicted molar refractivity (Wildman–Crippen MR) is 75.7 cm³/mol. The van der Waals surface area contributed by atoms with E-state index in [1.165, 1.54) is 7.11 Å². The van der Waals surface area contributed by atoms with Crippen LogP contribution in [0.1, 0.15) is 46.5 Å². The maximum Gasteiger partial charge on any atom is 0.333 e. The minimum Gasteiger partial charge on any atom is -0.466 e. The molecule has 3 heteroatoms. The molecule has 0 amide bonds. The molecule has 0 fully saturated rings. The molecule has 0 aromatic carbocycles. The number of allylic oxidation sites excluding steroid dienone is 3. The van der Waals surface area contributed by atoms with E-state index in [0.717, 1.165) is 30.4 Å². The first-order chi connectivity index (χ1) is 8.93. The number of esters is 1. The standard InChI is InChI=1S/C16H24O3/c1-11(2)9-15(17)10-12(3)13-5-7-14(8-6-13)16(18)19-4/h7,10-11,13H,5-6,8-9H2,1-4H3/b12-10-/t13-/m0/s1. The second-order valence-electron chi connectivity index (χ2n) is 5.64. The highest BCUT2D eigenvalue weighted by molar-refractivity contribution is 5.90. The first kappa shape index (κ1) is 15.7. The molecule has 0 radical (unpaired) electrons. The van der Waals surface area contributed by atoms with Gasteiger partial charge >= 0.3 is 5.97 Å². The molecule has 0 aliphatic heterocycles. The Morgan fingerprint density at radius 1 is 1.47 bits per heavy atom. The number of carbonyl (C=O) groups is 2. The lowest BCUT2D eigenvalue weighted by Crippen LogP contribution is -2.14. The Balaban J connectivity index is 2.59. The fourth-order valence-corrected chi connectivity index (χ4v) is 2.40. The molecule has 0 aromatic rings. The molecule has 1 atom stereocenters. The summed E-state index contributed by atoms with van der Waals surface area (Å²) in [6, 6.07) is 0. The van der Waals surface area contributed by atoms with Gasteiger partial charge in [0, 0.05) is 12.0 Å². The van der Waals surface area contributed by atoms with E-state index in [9.17, 15) is 9.59 Å². The van der Waals surface area contributed by atoms with Crippen LogP contribution in [0.25, 0.3) is 0 Å². The summed E-state index contributed by atoms with van der Waals surface area (Å²) in [5, 5.41) is 0. The third-order valence-electron chi connectivity index (χ3n) is 3.50. The Morgan fingerprint density at radius 3 is 2.63 bits per heavy atom. The summed E-state index contributed by atoms with van der Waals surface area (Å²) < 4.78 is 4.72. The third kappa shape index (κ3) is 5.01. The van der Waals surface area contributed by atoms with Gasteiger partial charge < -0.3 is 4.74 Å². The van der Waals surface area contributed by atoms with E-state index >= 15 is 0 Å². The van der Waals surface area contributed by atoms with Crippen LogP contribution in [-0.4, -0.2) is 18.9 Å². The zero-order valence-corrected chi connectivity index (χ0v) is 12.4. The normalized spacial score (nSPS) is 20.2. The monoisotopic (exact) mass is 264 g/mol. The van der Waals surface area contributed by atoms with Crippen molar-refractivity contribution in [2.45, 2.75) is 46.5 Å². The van der Waals surface area contributed by atoms with Crippen LogP contribution in [-0.2, 0) is 14.3 Å². The van der Waals surface area contributed by atoms with Crippen LogP contribution in [0.5, 0.6) is 0 Å². The summed E-state index contributed by atoms with van der Waals surface area (Å²) >= 11 is 0. The van der Waals surface area contributed by atoms with Gasteiger partial charge in [-0.1, -0.05) is 25.5 Å². The second kappa shape index (κ2) is 7.27. The highest BCUT2D eigenvalue weighted by Crippen LogP contribution is 2.29. The summed E-state index contributed by atoms with van der Waals surface area (Å²) in [6.07, 6.45) is 6.81. The van der Waals surface area contributed by atoms with Gasteiger partial charge in [0.2, 0.25) is 0 Å². The molecule has 0 unspecified atom stereocenters. The summed E-state index contributed by atoms with van der Waals surface area (Å²) in [6.45, 7) is 6.11. The minimum absolute atomic E-state index is 0.204. The summed E-state index contributed by atoms with van der Waals surface area (Å²) in [7, 11) is 1.41.